The number of benzene rings is 1. The molecule has 0 saturated carbocycles. The monoisotopic (exact) mass is 478 g/mol. The van der Waals surface area contributed by atoms with Crippen LogP contribution < -0.4 is 15.0 Å². The number of hydroxylamine groups is 2. The normalized spacial score (nSPS) is 17.8. The Bertz CT molecular complexity index is 1020. The molecule has 0 spiro atoms. The number of hydrogen-bond acceptors (Lipinski definition) is 12. The average molecular weight is 479 g/mol. The van der Waals surface area contributed by atoms with E-state index in [0.717, 1.165) is 22.9 Å². The molecule has 0 radical (unpaired) electrons. The predicted octanol–water partition coefficient (Wildman–Crippen LogP) is 1.45. The first-order valence-electron chi connectivity index (χ1n) is 10.1. The van der Waals surface area contributed by atoms with Crippen molar-refractivity contribution >= 4 is 35.0 Å². The molecular weight excluding hydrogens is 452 g/mol. The fourth-order valence-electron chi connectivity index (χ4n) is 3.20. The molecule has 1 aromatic rings. The predicted molar refractivity (Wildman–Crippen MR) is 125 cm³/mol. The van der Waals surface area contributed by atoms with Crippen LogP contribution in [0.5, 0.6) is 5.75 Å². The third-order valence-electron chi connectivity index (χ3n) is 4.70. The van der Waals surface area contributed by atoms with E-state index in [9.17, 15) is 14.9 Å². The first kappa shape index (κ1) is 24.3. The number of rotatable bonds is 9. The molecule has 12 nitrogen and oxygen atoms in total. The van der Waals surface area contributed by atoms with Crippen molar-refractivity contribution in [1.29, 1.82) is 0 Å². The van der Waals surface area contributed by atoms with Crippen molar-refractivity contribution in [1.82, 2.24) is 10.4 Å². The van der Waals surface area contributed by atoms with Gasteiger partial charge in [-0.3, -0.25) is 19.9 Å². The van der Waals surface area contributed by atoms with Gasteiger partial charge in [0.15, 0.2) is 5.50 Å². The Balaban J connectivity index is 2.14. The van der Waals surface area contributed by atoms with Gasteiger partial charge in [0, 0.05) is 38.0 Å². The van der Waals surface area contributed by atoms with Crippen molar-refractivity contribution in [2.45, 2.75) is 12.4 Å². The largest absolute Gasteiger partial charge is 0.461 e. The molecule has 1 unspecified atom stereocenters. The smallest absolute Gasteiger partial charge is 0.364 e. The highest BCUT2D eigenvalue weighted by atomic mass is 32.2. The first-order valence-corrected chi connectivity index (χ1v) is 11.4. The Hall–Kier alpha value is -3.32. The van der Waals surface area contributed by atoms with Gasteiger partial charge in [-0.25, -0.2) is 9.79 Å². The molecule has 2 aliphatic heterocycles. The number of ether oxygens (including phenoxy) is 2. The quantitative estimate of drug-likeness (QED) is 0.316. The Morgan fingerprint density at radius 2 is 2.15 bits per heavy atom. The van der Waals surface area contributed by atoms with Crippen molar-refractivity contribution in [2.24, 2.45) is 9.98 Å². The molecule has 0 amide bonds. The highest BCUT2D eigenvalue weighted by molar-refractivity contribution is 7.99. The number of carbonyl (C=O) groups excluding carboxylic acids is 1. The lowest BCUT2D eigenvalue weighted by atomic mass is 10.1. The fraction of sp³-hybridized carbons (Fsp3) is 0.450. The third kappa shape index (κ3) is 5.20. The van der Waals surface area contributed by atoms with Crippen LogP contribution in [0, 0.1) is 10.1 Å². The van der Waals surface area contributed by atoms with E-state index in [2.05, 4.69) is 15.3 Å². The molecule has 33 heavy (non-hydrogen) atoms. The van der Waals surface area contributed by atoms with Gasteiger partial charge in [-0.2, -0.15) is 5.06 Å². The van der Waals surface area contributed by atoms with Crippen molar-refractivity contribution < 1.29 is 24.0 Å². The maximum Gasteiger partial charge on any atom is 0.364 e. The van der Waals surface area contributed by atoms with E-state index in [-0.39, 0.29) is 12.5 Å². The minimum atomic E-state index is -0.910. The molecule has 13 heteroatoms. The Morgan fingerprint density at radius 1 is 1.39 bits per heavy atom. The molecule has 2 heterocycles. The second kappa shape index (κ2) is 10.5. The minimum Gasteiger partial charge on any atom is -0.461 e. The summed E-state index contributed by atoms with van der Waals surface area (Å²) in [4.78, 5) is 39.7. The molecule has 0 saturated heterocycles. The number of nitrogens with one attached hydrogen (secondary N) is 1. The lowest BCUT2D eigenvalue weighted by molar-refractivity contribution is -0.421. The van der Waals surface area contributed by atoms with Crippen LogP contribution in [0.2, 0.25) is 0 Å². The maximum absolute atomic E-state index is 12.5. The summed E-state index contributed by atoms with van der Waals surface area (Å²) in [5.74, 6) is -0.181. The summed E-state index contributed by atoms with van der Waals surface area (Å²) in [6, 6.07) is 5.37. The molecule has 0 aliphatic carbocycles. The second-order valence-electron chi connectivity index (χ2n) is 7.05. The number of carbonyl (C=O) groups is 1. The summed E-state index contributed by atoms with van der Waals surface area (Å²) < 4.78 is 11.0. The minimum absolute atomic E-state index is 0.0420. The summed E-state index contributed by atoms with van der Waals surface area (Å²) in [7, 11) is 5.07. The van der Waals surface area contributed by atoms with Crippen molar-refractivity contribution in [3.63, 3.8) is 0 Å². The molecule has 0 bridgehead atoms. The van der Waals surface area contributed by atoms with Crippen LogP contribution in [-0.2, 0) is 14.4 Å². The van der Waals surface area contributed by atoms with Gasteiger partial charge in [0.25, 0.3) is 0 Å². The highest BCUT2D eigenvalue weighted by Gasteiger charge is 2.44. The number of anilines is 1. The molecule has 2 aliphatic rings. The second-order valence-corrected chi connectivity index (χ2v) is 7.94. The van der Waals surface area contributed by atoms with E-state index in [0.29, 0.717) is 18.1 Å². The number of amidine groups is 1. The van der Waals surface area contributed by atoms with E-state index in [4.69, 9.17) is 14.3 Å². The van der Waals surface area contributed by atoms with Crippen molar-refractivity contribution in [3.8, 4) is 5.75 Å². The van der Waals surface area contributed by atoms with Gasteiger partial charge in [0.05, 0.1) is 25.2 Å². The molecule has 0 fully saturated rings. The zero-order valence-electron chi connectivity index (χ0n) is 19.0. The molecule has 3 rings (SSSR count). The lowest BCUT2D eigenvalue weighted by Gasteiger charge is -2.31. The Morgan fingerprint density at radius 3 is 2.70 bits per heavy atom. The van der Waals surface area contributed by atoms with Crippen LogP contribution in [0.1, 0.15) is 12.5 Å². The zero-order valence-corrected chi connectivity index (χ0v) is 19.8. The number of nitrogens with zero attached hydrogens (tertiary/aromatic N) is 5. The van der Waals surface area contributed by atoms with Gasteiger partial charge >= 0.3 is 17.5 Å². The first-order chi connectivity index (χ1) is 15.8. The van der Waals surface area contributed by atoms with E-state index in [1.807, 2.05) is 25.1 Å². The summed E-state index contributed by atoms with van der Waals surface area (Å²) in [5.41, 5.74) is -0.324. The van der Waals surface area contributed by atoms with E-state index in [1.54, 1.807) is 25.3 Å². The lowest BCUT2D eigenvalue weighted by Crippen LogP contribution is -2.42. The molecular formula is C20H26N6O6S. The summed E-state index contributed by atoms with van der Waals surface area (Å²) in [6.45, 7) is 3.03. The topological polar surface area (TPSA) is 131 Å². The van der Waals surface area contributed by atoms with E-state index >= 15 is 0 Å². The molecule has 178 valence electrons. The summed E-state index contributed by atoms with van der Waals surface area (Å²) in [6.07, 6.45) is 1.73. The van der Waals surface area contributed by atoms with Crippen LogP contribution >= 0.6 is 11.8 Å². The average Bonchev–Trinajstić information content (AvgIpc) is 3.33. The molecule has 1 aromatic carbocycles. The SMILES string of the molecule is CCOC(=O)C1=NC(SC)N(OC)C(Oc2cc(C3=NCCN3)cc(N(C)C)c2)=C1[N+](=O)[O-]. The fourth-order valence-corrected chi connectivity index (χ4v) is 3.78. The summed E-state index contributed by atoms with van der Waals surface area (Å²) in [5, 5.41) is 16.4. The number of aliphatic imine (C=N–C) groups is 2. The van der Waals surface area contributed by atoms with Crippen LogP contribution in [0.3, 0.4) is 0 Å². The highest BCUT2D eigenvalue weighted by Crippen LogP contribution is 2.32. The molecule has 0 aromatic heterocycles. The van der Waals surface area contributed by atoms with Crippen LogP contribution in [0.15, 0.2) is 39.8 Å². The van der Waals surface area contributed by atoms with Gasteiger partial charge in [-0.15, -0.1) is 11.8 Å². The van der Waals surface area contributed by atoms with E-state index < -0.39 is 27.8 Å². The molecule has 1 atom stereocenters. The van der Waals surface area contributed by atoms with Crippen LogP contribution in [0.4, 0.5) is 5.69 Å². The van der Waals surface area contributed by atoms with E-state index in [1.165, 1.54) is 18.9 Å². The van der Waals surface area contributed by atoms with Gasteiger partial charge in [-0.1, -0.05) is 0 Å². The zero-order chi connectivity index (χ0) is 24.1. The van der Waals surface area contributed by atoms with Gasteiger partial charge < -0.3 is 19.7 Å². The summed E-state index contributed by atoms with van der Waals surface area (Å²) >= 11 is 1.21. The maximum atomic E-state index is 12.5. The van der Waals surface area contributed by atoms with Crippen molar-refractivity contribution in [2.75, 3.05) is 52.1 Å². The number of hydrogen-bond donors (Lipinski definition) is 1. The number of thioether (sulfide) groups is 1. The molecule has 1 N–H and O–H groups in total. The van der Waals surface area contributed by atoms with Crippen molar-refractivity contribution in [3.05, 3.63) is 45.5 Å². The Labute approximate surface area is 195 Å². The Kier molecular flexibility index (Phi) is 7.76. The van der Waals surface area contributed by atoms with Gasteiger partial charge in [0.2, 0.25) is 5.71 Å². The van der Waals surface area contributed by atoms with Gasteiger partial charge in [0.1, 0.15) is 11.6 Å². The number of nitro groups is 1. The van der Waals surface area contributed by atoms with Crippen LogP contribution in [0.25, 0.3) is 0 Å². The third-order valence-corrected chi connectivity index (χ3v) is 5.41. The van der Waals surface area contributed by atoms with Crippen LogP contribution in [-0.4, -0.2) is 80.2 Å². The number of esters is 1. The standard InChI is InChI=1S/C20H26N6O6S/c1-6-31-19(27)15-16(26(28)29)18(25(30-4)20(23-15)33-5)32-14-10-12(17-21-7-8-22-17)9-13(11-14)24(2)3/h9-11,20H,6-8H2,1-5H3,(H,21,22). The van der Waals surface area contributed by atoms with Gasteiger partial charge in [-0.05, 0) is 25.3 Å².